The largest absolute Gasteiger partial charge is 0.487 e. The lowest BCUT2D eigenvalue weighted by molar-refractivity contribution is 0.0230. The second-order valence-corrected chi connectivity index (χ2v) is 4.74. The minimum atomic E-state index is -0.0392. The van der Waals surface area contributed by atoms with E-state index in [-0.39, 0.29) is 11.6 Å². The Morgan fingerprint density at radius 3 is 2.81 bits per heavy atom. The Balaban J connectivity index is 2.32. The van der Waals surface area contributed by atoms with Crippen molar-refractivity contribution in [3.63, 3.8) is 0 Å². The van der Waals surface area contributed by atoms with Gasteiger partial charge in [-0.25, -0.2) is 0 Å². The molecule has 16 heavy (non-hydrogen) atoms. The van der Waals surface area contributed by atoms with Gasteiger partial charge in [0.15, 0.2) is 0 Å². The van der Waals surface area contributed by atoms with Crippen LogP contribution in [0.1, 0.15) is 51.1 Å². The summed E-state index contributed by atoms with van der Waals surface area (Å²) in [7, 11) is 0. The van der Waals surface area contributed by atoms with Gasteiger partial charge in [-0.3, -0.25) is 0 Å². The first-order valence-corrected chi connectivity index (χ1v) is 6.24. The molecule has 88 valence electrons. The highest BCUT2D eigenvalue weighted by Gasteiger charge is 2.37. The van der Waals surface area contributed by atoms with Crippen LogP contribution in [0.15, 0.2) is 24.3 Å². The number of para-hydroxylation sites is 1. The molecule has 0 aromatic heterocycles. The first-order valence-electron chi connectivity index (χ1n) is 6.24. The molecule has 1 unspecified atom stereocenters. The van der Waals surface area contributed by atoms with Crippen molar-refractivity contribution in [1.82, 2.24) is 0 Å². The maximum absolute atomic E-state index is 6.25. The monoisotopic (exact) mass is 219 g/mol. The molecule has 2 rings (SSSR count). The molecule has 1 aliphatic heterocycles. The topological polar surface area (TPSA) is 35.2 Å². The highest BCUT2D eigenvalue weighted by atomic mass is 16.5. The van der Waals surface area contributed by atoms with Crippen molar-refractivity contribution in [3.05, 3.63) is 29.8 Å². The second kappa shape index (κ2) is 4.46. The van der Waals surface area contributed by atoms with Crippen LogP contribution >= 0.6 is 0 Å². The number of rotatable bonds is 3. The summed E-state index contributed by atoms with van der Waals surface area (Å²) >= 11 is 0. The van der Waals surface area contributed by atoms with E-state index in [9.17, 15) is 0 Å². The summed E-state index contributed by atoms with van der Waals surface area (Å²) in [4.78, 5) is 0. The normalized spacial score (nSPS) is 28.3. The molecule has 2 heteroatoms. The van der Waals surface area contributed by atoms with Gasteiger partial charge < -0.3 is 10.5 Å². The van der Waals surface area contributed by atoms with Crippen molar-refractivity contribution in [1.29, 1.82) is 0 Å². The Bertz CT molecular complexity index is 364. The summed E-state index contributed by atoms with van der Waals surface area (Å²) in [6, 6.07) is 8.28. The predicted octanol–water partition coefficient (Wildman–Crippen LogP) is 3.42. The zero-order chi connectivity index (χ0) is 11.6. The van der Waals surface area contributed by atoms with Gasteiger partial charge in [0.25, 0.3) is 0 Å². The molecule has 0 saturated heterocycles. The fourth-order valence-corrected chi connectivity index (χ4v) is 2.67. The van der Waals surface area contributed by atoms with Crippen molar-refractivity contribution in [2.45, 2.75) is 51.2 Å². The van der Waals surface area contributed by atoms with E-state index >= 15 is 0 Å². The Labute approximate surface area is 97.8 Å². The zero-order valence-electron chi connectivity index (χ0n) is 10.2. The quantitative estimate of drug-likeness (QED) is 0.845. The van der Waals surface area contributed by atoms with Gasteiger partial charge in [-0.2, -0.15) is 0 Å². The van der Waals surface area contributed by atoms with Gasteiger partial charge in [0, 0.05) is 18.0 Å². The molecule has 0 bridgehead atoms. The molecule has 1 aliphatic rings. The van der Waals surface area contributed by atoms with E-state index in [1.165, 1.54) is 0 Å². The van der Waals surface area contributed by atoms with Crippen LogP contribution in [0.2, 0.25) is 0 Å². The van der Waals surface area contributed by atoms with Crippen LogP contribution in [0.5, 0.6) is 5.75 Å². The molecule has 2 atom stereocenters. The standard InChI is InChI=1S/C14H21NO/c1-3-9-14(4-2)10-12(15)11-7-5-6-8-13(11)16-14/h5-8,12H,3-4,9-10,15H2,1-2H3/t12-,14?/m1/s1. The summed E-state index contributed by atoms with van der Waals surface area (Å²) in [5.41, 5.74) is 7.36. The van der Waals surface area contributed by atoms with Gasteiger partial charge in [-0.1, -0.05) is 38.5 Å². The van der Waals surface area contributed by atoms with Crippen LogP contribution in [-0.2, 0) is 0 Å². The van der Waals surface area contributed by atoms with E-state index in [0.29, 0.717) is 0 Å². The van der Waals surface area contributed by atoms with Crippen molar-refractivity contribution in [3.8, 4) is 5.75 Å². The summed E-state index contributed by atoms with van der Waals surface area (Å²) in [6.07, 6.45) is 4.20. The summed E-state index contributed by atoms with van der Waals surface area (Å²) in [5.74, 6) is 0.983. The van der Waals surface area contributed by atoms with Crippen molar-refractivity contribution in [2.75, 3.05) is 0 Å². The predicted molar refractivity (Wildman–Crippen MR) is 66.5 cm³/mol. The molecule has 2 nitrogen and oxygen atoms in total. The van der Waals surface area contributed by atoms with Crippen molar-refractivity contribution < 1.29 is 4.74 Å². The van der Waals surface area contributed by atoms with Crippen molar-refractivity contribution >= 4 is 0 Å². The lowest BCUT2D eigenvalue weighted by Crippen LogP contribution is -2.42. The highest BCUT2D eigenvalue weighted by molar-refractivity contribution is 5.38. The maximum Gasteiger partial charge on any atom is 0.124 e. The molecule has 0 fully saturated rings. The third-order valence-corrected chi connectivity index (χ3v) is 3.59. The van der Waals surface area contributed by atoms with Gasteiger partial charge in [-0.05, 0) is 18.9 Å². The van der Waals surface area contributed by atoms with Crippen LogP contribution in [0, 0.1) is 0 Å². The molecular formula is C14H21NO. The second-order valence-electron chi connectivity index (χ2n) is 4.74. The number of ether oxygens (including phenoxy) is 1. The molecule has 0 radical (unpaired) electrons. The van der Waals surface area contributed by atoms with Gasteiger partial charge >= 0.3 is 0 Å². The van der Waals surface area contributed by atoms with Crippen LogP contribution in [0.25, 0.3) is 0 Å². The van der Waals surface area contributed by atoms with Gasteiger partial charge in [0.05, 0.1) is 0 Å². The average molecular weight is 219 g/mol. The van der Waals surface area contributed by atoms with Gasteiger partial charge in [-0.15, -0.1) is 0 Å². The highest BCUT2D eigenvalue weighted by Crippen LogP contribution is 2.41. The summed E-state index contributed by atoms with van der Waals surface area (Å²) in [6.45, 7) is 4.39. The van der Waals surface area contributed by atoms with Gasteiger partial charge in [0.1, 0.15) is 11.4 Å². The number of benzene rings is 1. The molecule has 0 spiro atoms. The molecule has 0 aliphatic carbocycles. The van der Waals surface area contributed by atoms with E-state index in [4.69, 9.17) is 10.5 Å². The fourth-order valence-electron chi connectivity index (χ4n) is 2.67. The molecular weight excluding hydrogens is 198 g/mol. The summed E-state index contributed by atoms with van der Waals surface area (Å²) < 4.78 is 6.20. The van der Waals surface area contributed by atoms with E-state index < -0.39 is 0 Å². The molecule has 1 aromatic rings. The van der Waals surface area contributed by atoms with E-state index in [1.807, 2.05) is 18.2 Å². The van der Waals surface area contributed by atoms with Crippen LogP contribution < -0.4 is 10.5 Å². The number of fused-ring (bicyclic) bond motifs is 1. The first kappa shape index (κ1) is 11.5. The van der Waals surface area contributed by atoms with Crippen molar-refractivity contribution in [2.24, 2.45) is 5.73 Å². The Kier molecular flexibility index (Phi) is 3.20. The molecule has 0 amide bonds. The molecule has 2 N–H and O–H groups in total. The van der Waals surface area contributed by atoms with Crippen LogP contribution in [0.3, 0.4) is 0 Å². The third kappa shape index (κ3) is 1.94. The minimum absolute atomic E-state index is 0.0392. The van der Waals surface area contributed by atoms with Crippen LogP contribution in [0.4, 0.5) is 0 Å². The maximum atomic E-state index is 6.25. The zero-order valence-corrected chi connectivity index (χ0v) is 10.2. The Morgan fingerprint density at radius 2 is 2.12 bits per heavy atom. The Hall–Kier alpha value is -1.02. The number of nitrogens with two attached hydrogens (primary N) is 1. The molecule has 1 heterocycles. The summed E-state index contributed by atoms with van der Waals surface area (Å²) in [5, 5.41) is 0. The lowest BCUT2D eigenvalue weighted by Gasteiger charge is -2.41. The SMILES string of the molecule is CCCC1(CC)C[C@@H](N)c2ccccc2O1. The number of hydrogen-bond donors (Lipinski definition) is 1. The van der Waals surface area contributed by atoms with Gasteiger partial charge in [0.2, 0.25) is 0 Å². The first-order chi connectivity index (χ1) is 7.71. The van der Waals surface area contributed by atoms with Crippen LogP contribution in [-0.4, -0.2) is 5.60 Å². The third-order valence-electron chi connectivity index (χ3n) is 3.59. The smallest absolute Gasteiger partial charge is 0.124 e. The minimum Gasteiger partial charge on any atom is -0.487 e. The molecule has 0 saturated carbocycles. The molecule has 1 aromatic carbocycles. The fraction of sp³-hybridized carbons (Fsp3) is 0.571. The number of hydrogen-bond acceptors (Lipinski definition) is 2. The van der Waals surface area contributed by atoms with E-state index in [1.54, 1.807) is 0 Å². The average Bonchev–Trinajstić information content (AvgIpc) is 2.29. The van der Waals surface area contributed by atoms with E-state index in [0.717, 1.165) is 37.0 Å². The Morgan fingerprint density at radius 1 is 1.38 bits per heavy atom. The lowest BCUT2D eigenvalue weighted by atomic mass is 9.83. The van der Waals surface area contributed by atoms with E-state index in [2.05, 4.69) is 19.9 Å².